The average molecular weight is 385 g/mol. The third-order valence-electron chi connectivity index (χ3n) is 4.87. The summed E-state index contributed by atoms with van der Waals surface area (Å²) in [5.74, 6) is 0.198. The molecule has 1 aliphatic rings. The molecular weight excluding hydrogens is 360 g/mol. The van der Waals surface area contributed by atoms with Crippen LogP contribution in [0.15, 0.2) is 47.8 Å². The second-order valence-electron chi connectivity index (χ2n) is 6.72. The fraction of sp³-hybridized carbons (Fsp3) is 0.381. The van der Waals surface area contributed by atoms with Gasteiger partial charge < -0.3 is 10.2 Å². The maximum atomic E-state index is 12.5. The van der Waals surface area contributed by atoms with Gasteiger partial charge in [-0.15, -0.1) is 11.3 Å². The zero-order valence-electron chi connectivity index (χ0n) is 15.2. The molecule has 0 spiro atoms. The number of amides is 2. The van der Waals surface area contributed by atoms with Crippen molar-refractivity contribution in [3.63, 3.8) is 0 Å². The number of hydrogen-bond donors (Lipinski definition) is 1. The number of carbonyl (C=O) groups is 3. The zero-order valence-corrected chi connectivity index (χ0v) is 16.0. The topological polar surface area (TPSA) is 66.5 Å². The monoisotopic (exact) mass is 384 g/mol. The largest absolute Gasteiger partial charge is 0.351 e. The quantitative estimate of drug-likeness (QED) is 0.588. The van der Waals surface area contributed by atoms with Gasteiger partial charge in [0.2, 0.25) is 5.91 Å². The number of likely N-dealkylation sites (tertiary alicyclic amines) is 1. The van der Waals surface area contributed by atoms with Crippen molar-refractivity contribution in [2.45, 2.75) is 25.7 Å². The van der Waals surface area contributed by atoms with Crippen molar-refractivity contribution in [3.8, 4) is 0 Å². The van der Waals surface area contributed by atoms with E-state index in [1.165, 1.54) is 11.3 Å². The van der Waals surface area contributed by atoms with Crippen LogP contribution in [0.25, 0.3) is 0 Å². The van der Waals surface area contributed by atoms with Gasteiger partial charge in [-0.2, -0.15) is 0 Å². The van der Waals surface area contributed by atoms with Gasteiger partial charge in [0.1, 0.15) is 0 Å². The molecule has 0 bridgehead atoms. The highest BCUT2D eigenvalue weighted by Gasteiger charge is 2.27. The zero-order chi connectivity index (χ0) is 19.1. The van der Waals surface area contributed by atoms with Crippen molar-refractivity contribution in [1.82, 2.24) is 10.2 Å². The first-order valence-corrected chi connectivity index (χ1v) is 10.2. The lowest BCUT2D eigenvalue weighted by atomic mass is 9.89. The van der Waals surface area contributed by atoms with E-state index in [1.54, 1.807) is 6.07 Å². The minimum absolute atomic E-state index is 0.00142. The molecule has 2 aromatic rings. The molecule has 1 fully saturated rings. The maximum Gasteiger partial charge on any atom is 0.261 e. The summed E-state index contributed by atoms with van der Waals surface area (Å²) in [6.45, 7) is 1.75. The Labute approximate surface area is 163 Å². The lowest BCUT2D eigenvalue weighted by Crippen LogP contribution is -2.40. The number of nitrogens with one attached hydrogen (secondary N) is 1. The summed E-state index contributed by atoms with van der Waals surface area (Å²) in [6, 6.07) is 13.0. The van der Waals surface area contributed by atoms with E-state index < -0.39 is 0 Å². The van der Waals surface area contributed by atoms with Gasteiger partial charge in [0.25, 0.3) is 5.91 Å². The second-order valence-corrected chi connectivity index (χ2v) is 7.67. The highest BCUT2D eigenvalue weighted by molar-refractivity contribution is 7.12. The summed E-state index contributed by atoms with van der Waals surface area (Å²) in [6.07, 6.45) is 2.48. The third kappa shape index (κ3) is 5.26. The Morgan fingerprint density at radius 3 is 2.44 bits per heavy atom. The van der Waals surface area contributed by atoms with Crippen molar-refractivity contribution in [1.29, 1.82) is 0 Å². The summed E-state index contributed by atoms with van der Waals surface area (Å²) in [5, 5.41) is 4.71. The molecular formula is C21H24N2O3S. The fourth-order valence-electron chi connectivity index (χ4n) is 3.32. The fourth-order valence-corrected chi connectivity index (χ4v) is 3.96. The number of piperidine rings is 1. The second kappa shape index (κ2) is 9.46. The van der Waals surface area contributed by atoms with Crippen LogP contribution in [-0.4, -0.2) is 42.1 Å². The van der Waals surface area contributed by atoms with E-state index in [0.717, 1.165) is 5.56 Å². The minimum Gasteiger partial charge on any atom is -0.351 e. The van der Waals surface area contributed by atoms with Crippen LogP contribution in [0.1, 0.15) is 45.7 Å². The molecule has 2 amide bonds. The number of carbonyl (C=O) groups excluding carboxylic acids is 3. The molecule has 1 aromatic heterocycles. The summed E-state index contributed by atoms with van der Waals surface area (Å²) >= 11 is 1.40. The molecule has 0 atom stereocenters. The minimum atomic E-state index is -0.0855. The molecule has 0 saturated carbocycles. The first kappa shape index (κ1) is 19.3. The van der Waals surface area contributed by atoms with Crippen molar-refractivity contribution in [2.75, 3.05) is 19.6 Å². The van der Waals surface area contributed by atoms with Gasteiger partial charge in [-0.3, -0.25) is 14.4 Å². The van der Waals surface area contributed by atoms with Gasteiger partial charge in [-0.1, -0.05) is 36.4 Å². The van der Waals surface area contributed by atoms with E-state index in [2.05, 4.69) is 5.32 Å². The van der Waals surface area contributed by atoms with Crippen LogP contribution in [-0.2, 0) is 4.79 Å². The average Bonchev–Trinajstić information content (AvgIpc) is 3.26. The molecule has 1 aromatic carbocycles. The van der Waals surface area contributed by atoms with E-state index >= 15 is 0 Å². The van der Waals surface area contributed by atoms with Crippen LogP contribution in [0.3, 0.4) is 0 Å². The Morgan fingerprint density at radius 1 is 1.04 bits per heavy atom. The van der Waals surface area contributed by atoms with Crippen LogP contribution < -0.4 is 5.32 Å². The molecule has 0 unspecified atom stereocenters. The van der Waals surface area contributed by atoms with Crippen molar-refractivity contribution in [2.24, 2.45) is 5.92 Å². The number of thiophene rings is 1. The van der Waals surface area contributed by atoms with Gasteiger partial charge in [-0.25, -0.2) is 0 Å². The van der Waals surface area contributed by atoms with E-state index in [4.69, 9.17) is 0 Å². The first-order chi connectivity index (χ1) is 13.1. The number of ketones is 1. The normalized spacial score (nSPS) is 14.7. The van der Waals surface area contributed by atoms with E-state index in [0.29, 0.717) is 50.2 Å². The lowest BCUT2D eigenvalue weighted by Gasteiger charge is -2.31. The van der Waals surface area contributed by atoms with Crippen LogP contribution in [0.4, 0.5) is 0 Å². The standard InChI is InChI=1S/C21H24N2O3S/c24-19(9-4-12-22-21(26)18-8-5-15-27-18)23-13-10-17(11-14-23)20(25)16-6-2-1-3-7-16/h1-3,5-8,15,17H,4,9-14H2,(H,22,26). The molecule has 1 N–H and O–H groups in total. The molecule has 1 saturated heterocycles. The number of rotatable bonds is 7. The van der Waals surface area contributed by atoms with Crippen LogP contribution in [0.5, 0.6) is 0 Å². The third-order valence-corrected chi connectivity index (χ3v) is 5.74. The summed E-state index contributed by atoms with van der Waals surface area (Å²) in [7, 11) is 0. The van der Waals surface area contributed by atoms with Crippen molar-refractivity contribution < 1.29 is 14.4 Å². The molecule has 142 valence electrons. The maximum absolute atomic E-state index is 12.5. The molecule has 0 radical (unpaired) electrons. The summed E-state index contributed by atoms with van der Waals surface area (Å²) < 4.78 is 0. The molecule has 0 aliphatic carbocycles. The number of nitrogens with zero attached hydrogens (tertiary/aromatic N) is 1. The highest BCUT2D eigenvalue weighted by atomic mass is 32.1. The number of Topliss-reactive ketones (excluding diaryl/α,β-unsaturated/α-hetero) is 1. The molecule has 6 heteroatoms. The molecule has 5 nitrogen and oxygen atoms in total. The van der Waals surface area contributed by atoms with E-state index in [1.807, 2.05) is 46.7 Å². The van der Waals surface area contributed by atoms with Gasteiger partial charge in [0.15, 0.2) is 5.78 Å². The number of hydrogen-bond acceptors (Lipinski definition) is 4. The van der Waals surface area contributed by atoms with Gasteiger partial charge >= 0.3 is 0 Å². The predicted molar refractivity (Wildman–Crippen MR) is 106 cm³/mol. The van der Waals surface area contributed by atoms with Gasteiger partial charge in [-0.05, 0) is 30.7 Å². The molecule has 2 heterocycles. The van der Waals surface area contributed by atoms with E-state index in [-0.39, 0.29) is 23.5 Å². The van der Waals surface area contributed by atoms with Gasteiger partial charge in [0, 0.05) is 37.5 Å². The smallest absolute Gasteiger partial charge is 0.261 e. The van der Waals surface area contributed by atoms with Crippen LogP contribution >= 0.6 is 11.3 Å². The summed E-state index contributed by atoms with van der Waals surface area (Å²) in [4.78, 5) is 39.2. The van der Waals surface area contributed by atoms with E-state index in [9.17, 15) is 14.4 Å². The highest BCUT2D eigenvalue weighted by Crippen LogP contribution is 2.22. The first-order valence-electron chi connectivity index (χ1n) is 9.34. The summed E-state index contributed by atoms with van der Waals surface area (Å²) in [5.41, 5.74) is 0.753. The lowest BCUT2D eigenvalue weighted by molar-refractivity contribution is -0.132. The Balaban J connectivity index is 1.36. The Bertz CT molecular complexity index is 766. The number of benzene rings is 1. The van der Waals surface area contributed by atoms with Crippen LogP contribution in [0.2, 0.25) is 0 Å². The Morgan fingerprint density at radius 2 is 1.78 bits per heavy atom. The predicted octanol–water partition coefficient (Wildman–Crippen LogP) is 3.38. The Hall–Kier alpha value is -2.47. The Kier molecular flexibility index (Phi) is 6.76. The molecule has 3 rings (SSSR count). The SMILES string of the molecule is O=C(NCCCC(=O)N1CCC(C(=O)c2ccccc2)CC1)c1cccs1. The molecule has 1 aliphatic heterocycles. The van der Waals surface area contributed by atoms with Crippen molar-refractivity contribution >= 4 is 28.9 Å². The van der Waals surface area contributed by atoms with Gasteiger partial charge in [0.05, 0.1) is 4.88 Å². The van der Waals surface area contributed by atoms with Crippen molar-refractivity contribution in [3.05, 3.63) is 58.3 Å². The molecule has 27 heavy (non-hydrogen) atoms. The van der Waals surface area contributed by atoms with Crippen LogP contribution in [0, 0.1) is 5.92 Å².